The standard InChI is InChI=1S/C22H32O3.C22H30O3/c2*1-2-3-4-5-6-7-8-9-10-11-12-13-14-16-19-17-15-18-20(23)21(19)22(24)25/h4-5,7-8,15,17-18,23H,2-3,6,9-14,16H2,1H3,(H,24,25);2,4-5,7-8,15,17-18,23H,1,3,6,9-14,16H2,(H,24,25)/b2*5-4-,8-7-. The maximum atomic E-state index is 11.2. The maximum absolute atomic E-state index is 11.2. The number of aromatic carboxylic acids is 2. The van der Waals surface area contributed by atoms with Gasteiger partial charge in [-0.3, -0.25) is 0 Å². The Morgan fingerprint density at radius 3 is 1.34 bits per heavy atom. The van der Waals surface area contributed by atoms with Crippen molar-refractivity contribution < 1.29 is 30.0 Å². The third kappa shape index (κ3) is 20.9. The Hall–Kier alpha value is -4.32. The van der Waals surface area contributed by atoms with Gasteiger partial charge in [-0.05, 0) is 100 Å². The van der Waals surface area contributed by atoms with Crippen LogP contribution in [0.2, 0.25) is 0 Å². The molecule has 0 saturated carbocycles. The van der Waals surface area contributed by atoms with Gasteiger partial charge >= 0.3 is 11.9 Å². The van der Waals surface area contributed by atoms with Crippen LogP contribution in [0.25, 0.3) is 0 Å². The van der Waals surface area contributed by atoms with Gasteiger partial charge < -0.3 is 20.4 Å². The van der Waals surface area contributed by atoms with Crippen LogP contribution < -0.4 is 0 Å². The molecule has 0 bridgehead atoms. The number of allylic oxidation sites excluding steroid dienone is 9. The molecule has 0 atom stereocenters. The molecular weight excluding hydrogens is 624 g/mol. The van der Waals surface area contributed by atoms with Crippen LogP contribution in [0.4, 0.5) is 0 Å². The number of hydrogen-bond acceptors (Lipinski definition) is 4. The summed E-state index contributed by atoms with van der Waals surface area (Å²) in [6.45, 7) is 5.87. The van der Waals surface area contributed by atoms with Gasteiger partial charge in [0.1, 0.15) is 22.6 Å². The lowest BCUT2D eigenvalue weighted by Crippen LogP contribution is -2.03. The number of carboxylic acids is 2. The first-order valence-corrected chi connectivity index (χ1v) is 18.6. The summed E-state index contributed by atoms with van der Waals surface area (Å²) in [4.78, 5) is 22.4. The quantitative estimate of drug-likeness (QED) is 0.0578. The predicted molar refractivity (Wildman–Crippen MR) is 208 cm³/mol. The van der Waals surface area contributed by atoms with Crippen LogP contribution in [0.5, 0.6) is 11.5 Å². The molecule has 2 aromatic rings. The lowest BCUT2D eigenvalue weighted by Gasteiger charge is -2.07. The van der Waals surface area contributed by atoms with E-state index in [0.717, 1.165) is 75.3 Å². The third-order valence-corrected chi connectivity index (χ3v) is 8.29. The first kappa shape index (κ1) is 43.7. The summed E-state index contributed by atoms with van der Waals surface area (Å²) in [7, 11) is 0. The van der Waals surface area contributed by atoms with E-state index in [1.807, 2.05) is 6.08 Å². The molecule has 0 aliphatic carbocycles. The highest BCUT2D eigenvalue weighted by molar-refractivity contribution is 5.93. The molecule has 0 aliphatic rings. The number of rotatable bonds is 26. The van der Waals surface area contributed by atoms with Crippen LogP contribution in [-0.2, 0) is 12.8 Å². The van der Waals surface area contributed by atoms with Crippen LogP contribution >= 0.6 is 0 Å². The van der Waals surface area contributed by atoms with Crippen LogP contribution in [0.3, 0.4) is 0 Å². The van der Waals surface area contributed by atoms with Crippen molar-refractivity contribution in [2.45, 2.75) is 129 Å². The third-order valence-electron chi connectivity index (χ3n) is 8.29. The summed E-state index contributed by atoms with van der Waals surface area (Å²) in [5, 5.41) is 37.7. The van der Waals surface area contributed by atoms with Crippen molar-refractivity contribution in [1.29, 1.82) is 0 Å². The Labute approximate surface area is 301 Å². The Morgan fingerprint density at radius 1 is 0.540 bits per heavy atom. The molecule has 0 amide bonds. The van der Waals surface area contributed by atoms with E-state index in [1.165, 1.54) is 57.1 Å². The predicted octanol–water partition coefficient (Wildman–Crippen LogP) is 12.3. The summed E-state index contributed by atoms with van der Waals surface area (Å²) in [5.74, 6) is -2.39. The molecule has 2 rings (SSSR count). The average Bonchev–Trinajstić information content (AvgIpc) is 3.09. The molecule has 6 heteroatoms. The Kier molecular flexibility index (Phi) is 25.9. The smallest absolute Gasteiger partial charge is 0.339 e. The lowest BCUT2D eigenvalue weighted by molar-refractivity contribution is 0.0681. The minimum absolute atomic E-state index is 0.0507. The highest BCUT2D eigenvalue weighted by atomic mass is 16.4. The SMILES string of the molecule is C=CC/C=C\C/C=C\CCCCCCCc1cccc(O)c1C(=O)O.CCC/C=C\C/C=C\CCCCCCCc1cccc(O)c1C(=O)O. The number of benzene rings is 2. The van der Waals surface area contributed by atoms with Gasteiger partial charge in [0, 0.05) is 0 Å². The number of aryl methyl sites for hydroxylation is 2. The minimum Gasteiger partial charge on any atom is -0.507 e. The molecule has 50 heavy (non-hydrogen) atoms. The molecule has 274 valence electrons. The molecule has 0 unspecified atom stereocenters. The zero-order valence-electron chi connectivity index (χ0n) is 30.4. The number of phenols is 2. The van der Waals surface area contributed by atoms with Crippen molar-refractivity contribution in [3.05, 3.63) is 120 Å². The van der Waals surface area contributed by atoms with Crippen LogP contribution in [0, 0.1) is 0 Å². The summed E-state index contributed by atoms with van der Waals surface area (Å²) in [5.41, 5.74) is 1.56. The number of aromatic hydroxyl groups is 2. The van der Waals surface area contributed by atoms with Crippen molar-refractivity contribution >= 4 is 11.9 Å². The molecule has 0 aliphatic heterocycles. The number of unbranched alkanes of at least 4 members (excludes halogenated alkanes) is 11. The van der Waals surface area contributed by atoms with Crippen molar-refractivity contribution in [3.63, 3.8) is 0 Å². The molecule has 0 saturated heterocycles. The summed E-state index contributed by atoms with van der Waals surface area (Å²) in [6.07, 6.45) is 39.8. The molecule has 0 spiro atoms. The fraction of sp³-hybridized carbons (Fsp3) is 0.455. The number of hydrogen-bond donors (Lipinski definition) is 4. The molecule has 4 N–H and O–H groups in total. The summed E-state index contributed by atoms with van der Waals surface area (Å²) < 4.78 is 0. The molecule has 6 nitrogen and oxygen atoms in total. The fourth-order valence-electron chi connectivity index (χ4n) is 5.55. The van der Waals surface area contributed by atoms with E-state index in [-0.39, 0.29) is 22.6 Å². The van der Waals surface area contributed by atoms with Crippen molar-refractivity contribution in [1.82, 2.24) is 0 Å². The van der Waals surface area contributed by atoms with Crippen LogP contribution in [0.1, 0.15) is 148 Å². The lowest BCUT2D eigenvalue weighted by atomic mass is 9.99. The van der Waals surface area contributed by atoms with Gasteiger partial charge in [-0.25, -0.2) is 9.59 Å². The number of carbonyl (C=O) groups is 2. The van der Waals surface area contributed by atoms with E-state index in [2.05, 4.69) is 62.1 Å². The molecular formula is C44H62O6. The summed E-state index contributed by atoms with van der Waals surface area (Å²) >= 11 is 0. The topological polar surface area (TPSA) is 115 Å². The van der Waals surface area contributed by atoms with Gasteiger partial charge in [-0.1, -0.05) is 131 Å². The molecule has 0 aromatic heterocycles. The second kappa shape index (κ2) is 29.6. The Balaban J connectivity index is 0.000000500. The molecule has 0 radical (unpaired) electrons. The van der Waals surface area contributed by atoms with Gasteiger partial charge in [-0.15, -0.1) is 6.58 Å². The zero-order chi connectivity index (χ0) is 36.7. The molecule has 2 aromatic carbocycles. The van der Waals surface area contributed by atoms with E-state index >= 15 is 0 Å². The zero-order valence-corrected chi connectivity index (χ0v) is 30.4. The highest BCUT2D eigenvalue weighted by Crippen LogP contribution is 2.24. The van der Waals surface area contributed by atoms with E-state index in [1.54, 1.807) is 24.3 Å². The first-order valence-electron chi connectivity index (χ1n) is 18.6. The van der Waals surface area contributed by atoms with Gasteiger partial charge in [0.25, 0.3) is 0 Å². The molecule has 0 fully saturated rings. The van der Waals surface area contributed by atoms with Crippen molar-refractivity contribution in [2.75, 3.05) is 0 Å². The fourth-order valence-corrected chi connectivity index (χ4v) is 5.55. The minimum atomic E-state index is -1.06. The van der Waals surface area contributed by atoms with Gasteiger partial charge in [0.2, 0.25) is 0 Å². The first-order chi connectivity index (χ1) is 24.3. The van der Waals surface area contributed by atoms with Crippen molar-refractivity contribution in [3.8, 4) is 11.5 Å². The van der Waals surface area contributed by atoms with Crippen LogP contribution in [-0.4, -0.2) is 32.4 Å². The summed E-state index contributed by atoms with van der Waals surface area (Å²) in [6, 6.07) is 9.85. The number of carboxylic acid groups (broad SMARTS) is 2. The van der Waals surface area contributed by atoms with Gasteiger partial charge in [0.15, 0.2) is 0 Å². The normalized spacial score (nSPS) is 11.5. The second-order valence-corrected chi connectivity index (χ2v) is 12.5. The van der Waals surface area contributed by atoms with Gasteiger partial charge in [0.05, 0.1) is 0 Å². The highest BCUT2D eigenvalue weighted by Gasteiger charge is 2.15. The Morgan fingerprint density at radius 2 is 0.920 bits per heavy atom. The van der Waals surface area contributed by atoms with Crippen LogP contribution in [0.15, 0.2) is 97.7 Å². The maximum Gasteiger partial charge on any atom is 0.339 e. The largest absolute Gasteiger partial charge is 0.507 e. The second-order valence-electron chi connectivity index (χ2n) is 12.5. The van der Waals surface area contributed by atoms with Gasteiger partial charge in [-0.2, -0.15) is 0 Å². The van der Waals surface area contributed by atoms with Crippen molar-refractivity contribution in [2.24, 2.45) is 0 Å². The van der Waals surface area contributed by atoms with E-state index in [4.69, 9.17) is 0 Å². The monoisotopic (exact) mass is 686 g/mol. The Bertz CT molecular complexity index is 1350. The van der Waals surface area contributed by atoms with E-state index < -0.39 is 11.9 Å². The average molecular weight is 687 g/mol. The van der Waals surface area contributed by atoms with E-state index in [0.29, 0.717) is 12.8 Å². The van der Waals surface area contributed by atoms with E-state index in [9.17, 15) is 30.0 Å². The molecule has 0 heterocycles.